The van der Waals surface area contributed by atoms with E-state index in [1.807, 2.05) is 0 Å². The number of ether oxygens (including phenoxy) is 1. The number of hydrogen-bond acceptors (Lipinski definition) is 3. The molecule has 1 aromatic rings. The lowest BCUT2D eigenvalue weighted by molar-refractivity contribution is -0.132. The van der Waals surface area contributed by atoms with Crippen LogP contribution < -0.4 is 9.64 Å². The van der Waals surface area contributed by atoms with E-state index in [1.165, 1.54) is 12.1 Å². The van der Waals surface area contributed by atoms with Gasteiger partial charge in [-0.1, -0.05) is 26.2 Å². The van der Waals surface area contributed by atoms with E-state index in [-0.39, 0.29) is 11.5 Å². The van der Waals surface area contributed by atoms with Crippen molar-refractivity contribution in [1.29, 1.82) is 0 Å². The van der Waals surface area contributed by atoms with Gasteiger partial charge in [0.05, 0.1) is 11.3 Å². The van der Waals surface area contributed by atoms with Gasteiger partial charge in [-0.3, -0.25) is 4.79 Å². The molecular weight excluding hydrogens is 282 g/mol. The molecule has 5 nitrogen and oxygen atoms in total. The average molecular weight is 305 g/mol. The molecule has 1 N–H and O–H groups in total. The van der Waals surface area contributed by atoms with Crippen LogP contribution in [-0.2, 0) is 4.79 Å². The lowest BCUT2D eigenvalue weighted by Gasteiger charge is -2.39. The van der Waals surface area contributed by atoms with Gasteiger partial charge in [0.25, 0.3) is 5.91 Å². The SMILES string of the molecule is CCCCCCN1C(=O)C(C)(C)Oc2cc(C(=O)O)ccc21. The summed E-state index contributed by atoms with van der Waals surface area (Å²) in [5, 5.41) is 9.10. The molecule has 0 spiro atoms. The highest BCUT2D eigenvalue weighted by Crippen LogP contribution is 2.38. The first-order valence-corrected chi connectivity index (χ1v) is 7.75. The largest absolute Gasteiger partial charge is 0.478 e. The molecule has 1 aliphatic heterocycles. The van der Waals surface area contributed by atoms with Crippen molar-refractivity contribution in [1.82, 2.24) is 0 Å². The van der Waals surface area contributed by atoms with Gasteiger partial charge in [-0.05, 0) is 38.5 Å². The van der Waals surface area contributed by atoms with Gasteiger partial charge in [0.1, 0.15) is 5.75 Å². The summed E-state index contributed by atoms with van der Waals surface area (Å²) in [5.74, 6) is -0.629. The summed E-state index contributed by atoms with van der Waals surface area (Å²) in [6.07, 6.45) is 4.29. The number of rotatable bonds is 6. The first-order chi connectivity index (χ1) is 10.4. The van der Waals surface area contributed by atoms with Crippen molar-refractivity contribution in [3.05, 3.63) is 23.8 Å². The molecule has 2 rings (SSSR count). The normalized spacial score (nSPS) is 16.1. The molecule has 0 fully saturated rings. The Labute approximate surface area is 130 Å². The predicted molar refractivity (Wildman–Crippen MR) is 84.6 cm³/mol. The van der Waals surface area contributed by atoms with Crippen LogP contribution in [0.25, 0.3) is 0 Å². The maximum Gasteiger partial charge on any atom is 0.335 e. The lowest BCUT2D eigenvalue weighted by atomic mass is 10.0. The topological polar surface area (TPSA) is 66.8 Å². The van der Waals surface area contributed by atoms with Crippen molar-refractivity contribution in [2.45, 2.75) is 52.1 Å². The Kier molecular flexibility index (Phi) is 4.74. The van der Waals surface area contributed by atoms with Crippen LogP contribution in [-0.4, -0.2) is 29.1 Å². The second kappa shape index (κ2) is 6.38. The predicted octanol–water partition coefficient (Wildman–Crippen LogP) is 3.47. The summed E-state index contributed by atoms with van der Waals surface area (Å²) in [7, 11) is 0. The minimum Gasteiger partial charge on any atom is -0.478 e. The standard InChI is InChI=1S/C17H23NO4/c1-4-5-6-7-10-18-13-9-8-12(15(19)20)11-14(13)22-17(2,3)16(18)21/h8-9,11H,4-7,10H2,1-3H3,(H,19,20). The van der Waals surface area contributed by atoms with Crippen LogP contribution in [0.1, 0.15) is 56.8 Å². The van der Waals surface area contributed by atoms with E-state index in [2.05, 4.69) is 6.92 Å². The van der Waals surface area contributed by atoms with E-state index in [9.17, 15) is 9.59 Å². The number of carbonyl (C=O) groups is 2. The average Bonchev–Trinajstić information content (AvgIpc) is 2.46. The van der Waals surface area contributed by atoms with Crippen LogP contribution in [0.4, 0.5) is 5.69 Å². The van der Waals surface area contributed by atoms with Crippen LogP contribution in [0.2, 0.25) is 0 Å². The molecule has 0 bridgehead atoms. The summed E-state index contributed by atoms with van der Waals surface area (Å²) in [5.41, 5.74) is -0.157. The van der Waals surface area contributed by atoms with Crippen LogP contribution in [0, 0.1) is 0 Å². The van der Waals surface area contributed by atoms with Crippen molar-refractivity contribution < 1.29 is 19.4 Å². The van der Waals surface area contributed by atoms with Crippen LogP contribution >= 0.6 is 0 Å². The molecule has 1 aliphatic rings. The number of fused-ring (bicyclic) bond motifs is 1. The van der Waals surface area contributed by atoms with Crippen molar-refractivity contribution >= 4 is 17.6 Å². The maximum absolute atomic E-state index is 12.6. The number of carboxylic acid groups (broad SMARTS) is 1. The fraction of sp³-hybridized carbons (Fsp3) is 0.529. The summed E-state index contributed by atoms with van der Waals surface area (Å²) in [4.78, 5) is 25.4. The van der Waals surface area contributed by atoms with Gasteiger partial charge in [-0.2, -0.15) is 0 Å². The number of anilines is 1. The molecular formula is C17H23NO4. The number of nitrogens with zero attached hydrogens (tertiary/aromatic N) is 1. The van der Waals surface area contributed by atoms with Crippen molar-refractivity contribution in [3.63, 3.8) is 0 Å². The number of amides is 1. The lowest BCUT2D eigenvalue weighted by Crippen LogP contribution is -2.52. The third-order valence-electron chi connectivity index (χ3n) is 3.86. The number of unbranched alkanes of at least 4 members (excludes halogenated alkanes) is 3. The van der Waals surface area contributed by atoms with Crippen LogP contribution in [0.3, 0.4) is 0 Å². The van der Waals surface area contributed by atoms with E-state index in [0.29, 0.717) is 18.0 Å². The van der Waals surface area contributed by atoms with E-state index in [0.717, 1.165) is 25.7 Å². The van der Waals surface area contributed by atoms with Gasteiger partial charge in [-0.25, -0.2) is 4.79 Å². The number of carbonyl (C=O) groups excluding carboxylic acids is 1. The Morgan fingerprint density at radius 1 is 1.27 bits per heavy atom. The fourth-order valence-electron chi connectivity index (χ4n) is 2.62. The highest BCUT2D eigenvalue weighted by Gasteiger charge is 2.40. The van der Waals surface area contributed by atoms with Gasteiger partial charge < -0.3 is 14.7 Å². The number of aromatic carboxylic acids is 1. The first-order valence-electron chi connectivity index (χ1n) is 7.75. The Morgan fingerprint density at radius 2 is 2.00 bits per heavy atom. The Balaban J connectivity index is 2.29. The molecule has 5 heteroatoms. The molecule has 0 radical (unpaired) electrons. The molecule has 120 valence electrons. The highest BCUT2D eigenvalue weighted by atomic mass is 16.5. The van der Waals surface area contributed by atoms with Gasteiger partial charge in [-0.15, -0.1) is 0 Å². The molecule has 22 heavy (non-hydrogen) atoms. The summed E-state index contributed by atoms with van der Waals surface area (Å²) in [6.45, 7) is 6.20. The Bertz CT molecular complexity index is 580. The van der Waals surface area contributed by atoms with E-state index >= 15 is 0 Å². The van der Waals surface area contributed by atoms with Crippen molar-refractivity contribution in [2.24, 2.45) is 0 Å². The fourth-order valence-corrected chi connectivity index (χ4v) is 2.62. The third-order valence-corrected chi connectivity index (χ3v) is 3.86. The van der Waals surface area contributed by atoms with E-state index in [4.69, 9.17) is 9.84 Å². The first kappa shape index (κ1) is 16.3. The maximum atomic E-state index is 12.6. The molecule has 0 atom stereocenters. The summed E-state index contributed by atoms with van der Waals surface area (Å²) in [6, 6.07) is 4.66. The van der Waals surface area contributed by atoms with Gasteiger partial charge in [0.2, 0.25) is 0 Å². The Morgan fingerprint density at radius 3 is 2.64 bits per heavy atom. The molecule has 1 heterocycles. The third kappa shape index (κ3) is 3.24. The molecule has 0 saturated heterocycles. The summed E-state index contributed by atoms with van der Waals surface area (Å²) >= 11 is 0. The molecule has 0 aromatic heterocycles. The molecule has 1 aromatic carbocycles. The molecule has 0 aliphatic carbocycles. The molecule has 1 amide bonds. The number of carboxylic acids is 1. The van der Waals surface area contributed by atoms with Gasteiger partial charge in [0.15, 0.2) is 5.60 Å². The minimum atomic E-state index is -1.00. The Hall–Kier alpha value is -2.04. The summed E-state index contributed by atoms with van der Waals surface area (Å²) < 4.78 is 5.73. The van der Waals surface area contributed by atoms with Crippen LogP contribution in [0.15, 0.2) is 18.2 Å². The minimum absolute atomic E-state index is 0.0837. The second-order valence-corrected chi connectivity index (χ2v) is 6.12. The van der Waals surface area contributed by atoms with Gasteiger partial charge >= 0.3 is 5.97 Å². The molecule has 0 saturated carbocycles. The zero-order valence-corrected chi connectivity index (χ0v) is 13.4. The van der Waals surface area contributed by atoms with Crippen LogP contribution in [0.5, 0.6) is 5.75 Å². The quantitative estimate of drug-likeness (QED) is 0.817. The second-order valence-electron chi connectivity index (χ2n) is 6.12. The zero-order chi connectivity index (χ0) is 16.3. The monoisotopic (exact) mass is 305 g/mol. The van der Waals surface area contributed by atoms with Gasteiger partial charge in [0, 0.05) is 6.54 Å². The van der Waals surface area contributed by atoms with E-state index < -0.39 is 11.6 Å². The highest BCUT2D eigenvalue weighted by molar-refractivity contribution is 6.03. The van der Waals surface area contributed by atoms with Crippen molar-refractivity contribution in [3.8, 4) is 5.75 Å². The molecule has 0 unspecified atom stereocenters. The zero-order valence-electron chi connectivity index (χ0n) is 13.4. The smallest absolute Gasteiger partial charge is 0.335 e. The number of benzene rings is 1. The van der Waals surface area contributed by atoms with E-state index in [1.54, 1.807) is 24.8 Å². The van der Waals surface area contributed by atoms with Crippen molar-refractivity contribution in [2.75, 3.05) is 11.4 Å². The number of hydrogen-bond donors (Lipinski definition) is 1.